The molecule has 3 aromatic rings. The Bertz CT molecular complexity index is 978. The second-order valence-corrected chi connectivity index (χ2v) is 8.29. The maximum absolute atomic E-state index is 13.1. The Morgan fingerprint density at radius 1 is 0.767 bits per heavy atom. The molecule has 0 atom stereocenters. The molecule has 154 valence electrons. The maximum atomic E-state index is 13.1. The Morgan fingerprint density at radius 3 is 1.63 bits per heavy atom. The van der Waals surface area contributed by atoms with Gasteiger partial charge in [0.1, 0.15) is 5.75 Å². The number of ketones is 2. The van der Waals surface area contributed by atoms with Crippen molar-refractivity contribution >= 4 is 11.6 Å². The quantitative estimate of drug-likeness (QED) is 0.593. The molecule has 3 aromatic carbocycles. The van der Waals surface area contributed by atoms with Crippen molar-refractivity contribution in [2.75, 3.05) is 7.11 Å². The van der Waals surface area contributed by atoms with Gasteiger partial charge in [0.25, 0.3) is 0 Å². The minimum absolute atomic E-state index is 0.0749. The van der Waals surface area contributed by atoms with Gasteiger partial charge in [0.15, 0.2) is 11.6 Å². The molecule has 0 aliphatic rings. The van der Waals surface area contributed by atoms with Crippen molar-refractivity contribution in [3.8, 4) is 5.75 Å². The van der Waals surface area contributed by atoms with Crippen LogP contribution in [0, 0.1) is 0 Å². The van der Waals surface area contributed by atoms with E-state index >= 15 is 0 Å². The third-order valence-corrected chi connectivity index (χ3v) is 5.07. The molecule has 0 aliphatic heterocycles. The third-order valence-electron chi connectivity index (χ3n) is 5.07. The molecule has 30 heavy (non-hydrogen) atoms. The fourth-order valence-corrected chi connectivity index (χ4v) is 3.16. The Labute approximate surface area is 177 Å². The van der Waals surface area contributed by atoms with Crippen LogP contribution in [-0.4, -0.2) is 23.8 Å². The number of carbonyl (C=O) groups excluding carboxylic acids is 2. The zero-order valence-electron chi connectivity index (χ0n) is 17.7. The lowest BCUT2D eigenvalue weighted by molar-refractivity contribution is 0.103. The van der Waals surface area contributed by atoms with Gasteiger partial charge in [0.05, 0.1) is 13.7 Å². The summed E-state index contributed by atoms with van der Waals surface area (Å²) >= 11 is 0. The van der Waals surface area contributed by atoms with Crippen molar-refractivity contribution in [1.82, 2.24) is 0 Å². The number of aliphatic hydroxyl groups is 1. The summed E-state index contributed by atoms with van der Waals surface area (Å²) in [7, 11) is 1.58. The summed E-state index contributed by atoms with van der Waals surface area (Å²) in [5.74, 6) is 0.375. The van der Waals surface area contributed by atoms with Gasteiger partial charge in [-0.15, -0.1) is 0 Å². The molecule has 4 heteroatoms. The number of ether oxygens (including phenoxy) is 1. The minimum atomic E-state index is -0.230. The largest absolute Gasteiger partial charge is 0.497 e. The molecule has 0 heterocycles. The zero-order valence-corrected chi connectivity index (χ0v) is 17.7. The molecule has 0 saturated heterocycles. The number of aliphatic hydroxyl groups excluding tert-OH is 1. The molecule has 0 saturated carbocycles. The lowest BCUT2D eigenvalue weighted by atomic mass is 9.83. The predicted molar refractivity (Wildman–Crippen MR) is 117 cm³/mol. The van der Waals surface area contributed by atoms with Crippen LogP contribution in [0.1, 0.15) is 63.7 Å². The van der Waals surface area contributed by atoms with Crippen molar-refractivity contribution in [3.63, 3.8) is 0 Å². The van der Waals surface area contributed by atoms with Crippen LogP contribution < -0.4 is 4.74 Å². The van der Waals surface area contributed by atoms with E-state index in [1.165, 1.54) is 0 Å². The first-order chi connectivity index (χ1) is 14.2. The summed E-state index contributed by atoms with van der Waals surface area (Å²) < 4.78 is 5.16. The first-order valence-electron chi connectivity index (χ1n) is 9.82. The molecule has 0 aliphatic carbocycles. The van der Waals surface area contributed by atoms with Crippen LogP contribution in [0.25, 0.3) is 0 Å². The molecule has 0 amide bonds. The van der Waals surface area contributed by atoms with Gasteiger partial charge in [-0.25, -0.2) is 0 Å². The van der Waals surface area contributed by atoms with Crippen molar-refractivity contribution in [3.05, 3.63) is 100 Å². The molecule has 0 spiro atoms. The fraction of sp³-hybridized carbons (Fsp3) is 0.231. The van der Waals surface area contributed by atoms with Crippen molar-refractivity contribution in [2.24, 2.45) is 0 Å². The first-order valence-corrected chi connectivity index (χ1v) is 9.82. The van der Waals surface area contributed by atoms with Gasteiger partial charge in [-0.3, -0.25) is 9.59 Å². The second-order valence-electron chi connectivity index (χ2n) is 8.29. The predicted octanol–water partition coefficient (Wildman–Crippen LogP) is 4.95. The topological polar surface area (TPSA) is 63.6 Å². The van der Waals surface area contributed by atoms with Gasteiger partial charge in [0.2, 0.25) is 0 Å². The Balaban J connectivity index is 2.04. The second kappa shape index (κ2) is 8.64. The van der Waals surface area contributed by atoms with Gasteiger partial charge in [-0.2, -0.15) is 0 Å². The van der Waals surface area contributed by atoms with Crippen LogP contribution in [-0.2, 0) is 12.0 Å². The van der Waals surface area contributed by atoms with Gasteiger partial charge >= 0.3 is 0 Å². The monoisotopic (exact) mass is 402 g/mol. The van der Waals surface area contributed by atoms with E-state index < -0.39 is 0 Å². The van der Waals surface area contributed by atoms with E-state index in [2.05, 4.69) is 0 Å². The van der Waals surface area contributed by atoms with Crippen LogP contribution in [0.15, 0.2) is 66.7 Å². The lowest BCUT2D eigenvalue weighted by Gasteiger charge is -2.21. The molecule has 0 unspecified atom stereocenters. The van der Waals surface area contributed by atoms with E-state index in [0.717, 1.165) is 11.1 Å². The van der Waals surface area contributed by atoms with Crippen molar-refractivity contribution in [2.45, 2.75) is 32.8 Å². The SMILES string of the molecule is COc1ccc(C(=O)c2cc(C(=O)c3ccc(CO)cc3)cc(C(C)(C)C)c2)cc1. The molecule has 0 aromatic heterocycles. The number of benzene rings is 3. The normalized spacial score (nSPS) is 11.2. The van der Waals surface area contributed by atoms with Crippen LogP contribution in [0.4, 0.5) is 0 Å². The van der Waals surface area contributed by atoms with E-state index in [0.29, 0.717) is 28.0 Å². The first kappa shape index (κ1) is 21.5. The highest BCUT2D eigenvalue weighted by atomic mass is 16.5. The molecule has 1 N–H and O–H groups in total. The Hall–Kier alpha value is -3.24. The zero-order chi connectivity index (χ0) is 21.9. The molecule has 4 nitrogen and oxygen atoms in total. The van der Waals surface area contributed by atoms with E-state index in [-0.39, 0.29) is 23.6 Å². The molecule has 0 fully saturated rings. The maximum Gasteiger partial charge on any atom is 0.193 e. The minimum Gasteiger partial charge on any atom is -0.497 e. The number of rotatable bonds is 6. The van der Waals surface area contributed by atoms with Crippen molar-refractivity contribution < 1.29 is 19.4 Å². The van der Waals surface area contributed by atoms with Gasteiger partial charge in [-0.1, -0.05) is 45.0 Å². The summed E-state index contributed by atoms with van der Waals surface area (Å²) in [4.78, 5) is 26.3. The molecular formula is C26H26O4. The van der Waals surface area contributed by atoms with E-state index in [1.54, 1.807) is 61.7 Å². The summed E-state index contributed by atoms with van der Waals surface area (Å²) in [5, 5.41) is 9.22. The lowest BCUT2D eigenvalue weighted by Crippen LogP contribution is -2.15. The molecule has 3 rings (SSSR count). The summed E-state index contributed by atoms with van der Waals surface area (Å²) in [6, 6.07) is 19.2. The van der Waals surface area contributed by atoms with Crippen LogP contribution in [0.5, 0.6) is 5.75 Å². The highest BCUT2D eigenvalue weighted by Crippen LogP contribution is 2.27. The highest BCUT2D eigenvalue weighted by Gasteiger charge is 2.21. The van der Waals surface area contributed by atoms with Gasteiger partial charge < -0.3 is 9.84 Å². The highest BCUT2D eigenvalue weighted by molar-refractivity contribution is 6.13. The van der Waals surface area contributed by atoms with Gasteiger partial charge in [0, 0.05) is 22.3 Å². The van der Waals surface area contributed by atoms with Crippen LogP contribution in [0.2, 0.25) is 0 Å². The number of carbonyl (C=O) groups is 2. The summed E-state index contributed by atoms with van der Waals surface area (Å²) in [6.07, 6.45) is 0. The molecule has 0 bridgehead atoms. The molecule has 0 radical (unpaired) electrons. The van der Waals surface area contributed by atoms with Gasteiger partial charge in [-0.05, 0) is 59.0 Å². The fourth-order valence-electron chi connectivity index (χ4n) is 3.16. The average molecular weight is 402 g/mol. The standard InChI is InChI=1S/C26H26O4/c1-26(2,3)22-14-20(24(28)18-7-5-17(16-27)6-8-18)13-21(15-22)25(29)19-9-11-23(30-4)12-10-19/h5-15,27H,16H2,1-4H3. The number of methoxy groups -OCH3 is 1. The average Bonchev–Trinajstić information content (AvgIpc) is 2.77. The van der Waals surface area contributed by atoms with E-state index in [9.17, 15) is 14.7 Å². The molecular weight excluding hydrogens is 376 g/mol. The Morgan fingerprint density at radius 2 is 1.23 bits per heavy atom. The summed E-state index contributed by atoms with van der Waals surface area (Å²) in [6.45, 7) is 6.07. The Kier molecular flexibility index (Phi) is 6.18. The van der Waals surface area contributed by atoms with Crippen molar-refractivity contribution in [1.29, 1.82) is 0 Å². The van der Waals surface area contributed by atoms with Crippen LogP contribution in [0.3, 0.4) is 0 Å². The third kappa shape index (κ3) is 4.66. The number of hydrogen-bond donors (Lipinski definition) is 1. The summed E-state index contributed by atoms with van der Waals surface area (Å²) in [5.41, 5.74) is 3.42. The number of hydrogen-bond acceptors (Lipinski definition) is 4. The smallest absolute Gasteiger partial charge is 0.193 e. The van der Waals surface area contributed by atoms with E-state index in [4.69, 9.17) is 4.74 Å². The van der Waals surface area contributed by atoms with Crippen LogP contribution >= 0.6 is 0 Å². The van der Waals surface area contributed by atoms with E-state index in [1.807, 2.05) is 32.9 Å².